The molecule has 1 saturated carbocycles. The third-order valence-corrected chi connectivity index (χ3v) is 19.4. The van der Waals surface area contributed by atoms with Crippen LogP contribution >= 0.6 is 0 Å². The van der Waals surface area contributed by atoms with Crippen LogP contribution in [0.1, 0.15) is 85.5 Å². The maximum absolute atomic E-state index is 2.49. The summed E-state index contributed by atoms with van der Waals surface area (Å²) in [5.41, 5.74) is 36.5. The molecule has 0 aliphatic heterocycles. The zero-order valence-corrected chi connectivity index (χ0v) is 42.8. The zero-order chi connectivity index (χ0) is 49.6. The summed E-state index contributed by atoms with van der Waals surface area (Å²) in [6, 6.07) is 82.7. The first-order chi connectivity index (χ1) is 37.8. The highest BCUT2D eigenvalue weighted by molar-refractivity contribution is 6.15. The molecule has 17 rings (SSSR count). The van der Waals surface area contributed by atoms with Gasteiger partial charge in [-0.2, -0.15) is 0 Å². The first-order valence-electron chi connectivity index (χ1n) is 28.3. The lowest BCUT2D eigenvalue weighted by Crippen LogP contribution is -2.36. The molecule has 360 valence electrons. The molecule has 10 aromatic carbocycles. The molecule has 0 N–H and O–H groups in total. The Morgan fingerprint density at radius 2 is 0.579 bits per heavy atom. The Hall–Kier alpha value is -8.32. The van der Waals surface area contributed by atoms with Crippen LogP contribution in [0.4, 0.5) is 0 Å². The van der Waals surface area contributed by atoms with Gasteiger partial charge in [-0.25, -0.2) is 0 Å². The van der Waals surface area contributed by atoms with Crippen LogP contribution in [0.15, 0.2) is 252 Å². The first kappa shape index (κ1) is 43.0. The normalized spacial score (nSPS) is 20.5. The van der Waals surface area contributed by atoms with Gasteiger partial charge in [0.1, 0.15) is 0 Å². The fourth-order valence-electron chi connectivity index (χ4n) is 16.8. The van der Waals surface area contributed by atoms with E-state index in [0.29, 0.717) is 23.7 Å². The van der Waals surface area contributed by atoms with Gasteiger partial charge >= 0.3 is 0 Å². The summed E-state index contributed by atoms with van der Waals surface area (Å²) in [5, 5.41) is 5.53. The molecule has 0 aromatic heterocycles. The third-order valence-electron chi connectivity index (χ3n) is 19.4. The van der Waals surface area contributed by atoms with Crippen LogP contribution in [0, 0.1) is 11.8 Å². The summed E-state index contributed by atoms with van der Waals surface area (Å²) >= 11 is 0. The maximum Gasteiger partial charge on any atom is 0.0111 e. The van der Waals surface area contributed by atoms with E-state index in [1.807, 2.05) is 0 Å². The number of hydrogen-bond donors (Lipinski definition) is 0. The lowest BCUT2D eigenvalue weighted by molar-refractivity contribution is 0.329. The van der Waals surface area contributed by atoms with E-state index in [-0.39, 0.29) is 0 Å². The lowest BCUT2D eigenvalue weighted by atomic mass is 9.54. The van der Waals surface area contributed by atoms with Crippen LogP contribution in [0.2, 0.25) is 0 Å². The number of rotatable bonds is 6. The Balaban J connectivity index is 0.896. The van der Waals surface area contributed by atoms with Crippen molar-refractivity contribution in [1.82, 2.24) is 0 Å². The van der Waals surface area contributed by atoms with Gasteiger partial charge in [-0.05, 0) is 230 Å². The monoisotopic (exact) mass is 968 g/mol. The second-order valence-corrected chi connectivity index (χ2v) is 22.8. The number of fused-ring (bicyclic) bond motifs is 10. The third kappa shape index (κ3) is 6.02. The van der Waals surface area contributed by atoms with Crippen LogP contribution in [0.3, 0.4) is 0 Å². The van der Waals surface area contributed by atoms with Gasteiger partial charge in [0.25, 0.3) is 0 Å². The lowest BCUT2D eigenvalue weighted by Gasteiger charge is -2.50. The Morgan fingerprint density at radius 3 is 1.08 bits per heavy atom. The van der Waals surface area contributed by atoms with Crippen molar-refractivity contribution in [3.63, 3.8) is 0 Å². The van der Waals surface area contributed by atoms with E-state index in [2.05, 4.69) is 218 Å². The van der Waals surface area contributed by atoms with Crippen molar-refractivity contribution in [1.29, 1.82) is 0 Å². The van der Waals surface area contributed by atoms with Crippen LogP contribution in [-0.2, 0) is 0 Å². The highest BCUT2D eigenvalue weighted by Crippen LogP contribution is 2.71. The Kier molecular flexibility index (Phi) is 9.38. The van der Waals surface area contributed by atoms with Crippen LogP contribution in [-0.4, -0.2) is 0 Å². The van der Waals surface area contributed by atoms with E-state index in [4.69, 9.17) is 0 Å². The van der Waals surface area contributed by atoms with Gasteiger partial charge in [-0.1, -0.05) is 206 Å². The molecule has 76 heavy (non-hydrogen) atoms. The van der Waals surface area contributed by atoms with Crippen LogP contribution in [0.25, 0.3) is 99.5 Å². The van der Waals surface area contributed by atoms with Crippen molar-refractivity contribution < 1.29 is 0 Å². The van der Waals surface area contributed by atoms with Gasteiger partial charge in [0.2, 0.25) is 0 Å². The highest BCUT2D eigenvalue weighted by atomic mass is 14.6. The Labute approximate surface area is 446 Å². The van der Waals surface area contributed by atoms with Gasteiger partial charge in [0, 0.05) is 11.8 Å². The second kappa shape index (κ2) is 16.6. The standard InChI is InChI=1S/C76H56/c1-5-19-45(20-6-1)49-27-17-29-51(43-49)67-55-33-15-13-31-53(55)65(47-23-9-3-10-24-47)73-61-39-35-57-60-38-42-64-72-62(40-36-58(70(60)72)59-37-41-63(75(67)73)71(61)69(57)59)74-66(48-25-11-4-12-26-48)54-32-14-16-34-56(54)68(76(64)74)52-30-18-28-50(44-52)46-21-7-2-8-22-46/h1-34,43-44,57,60-62H,35-42H2. The summed E-state index contributed by atoms with van der Waals surface area (Å²) in [6.07, 6.45) is 9.38. The van der Waals surface area contributed by atoms with E-state index in [0.717, 1.165) is 25.7 Å². The molecule has 0 heteroatoms. The average molecular weight is 969 g/mol. The van der Waals surface area contributed by atoms with Crippen molar-refractivity contribution in [2.75, 3.05) is 0 Å². The molecule has 0 heterocycles. The molecule has 7 aliphatic carbocycles. The van der Waals surface area contributed by atoms with E-state index in [9.17, 15) is 0 Å². The minimum absolute atomic E-state index is 0.394. The molecule has 0 spiro atoms. The molecule has 0 radical (unpaired) electrons. The maximum atomic E-state index is 2.49. The number of hydrogen-bond acceptors (Lipinski definition) is 0. The number of allylic oxidation sites excluding steroid dienone is 8. The highest BCUT2D eigenvalue weighted by Gasteiger charge is 2.54. The topological polar surface area (TPSA) is 0 Å². The predicted molar refractivity (Wildman–Crippen MR) is 318 cm³/mol. The van der Waals surface area contributed by atoms with Gasteiger partial charge < -0.3 is 0 Å². The second-order valence-electron chi connectivity index (χ2n) is 22.8. The fourth-order valence-corrected chi connectivity index (χ4v) is 16.8. The smallest absolute Gasteiger partial charge is 0.0111 e. The quantitative estimate of drug-likeness (QED) is 0.156. The summed E-state index contributed by atoms with van der Waals surface area (Å²) in [5.74, 6) is 1.89. The molecule has 0 bridgehead atoms. The van der Waals surface area contributed by atoms with Gasteiger partial charge in [-0.15, -0.1) is 0 Å². The zero-order valence-electron chi connectivity index (χ0n) is 42.8. The molecule has 0 saturated heterocycles. The van der Waals surface area contributed by atoms with Crippen molar-refractivity contribution in [3.8, 4) is 66.8 Å². The van der Waals surface area contributed by atoms with Gasteiger partial charge in [0.15, 0.2) is 0 Å². The largest absolute Gasteiger partial charge is 0.0622 e. The summed E-state index contributed by atoms with van der Waals surface area (Å²) in [7, 11) is 0. The van der Waals surface area contributed by atoms with Crippen LogP contribution in [0.5, 0.6) is 0 Å². The van der Waals surface area contributed by atoms with Gasteiger partial charge in [-0.3, -0.25) is 0 Å². The molecular formula is C76H56. The van der Waals surface area contributed by atoms with Crippen LogP contribution < -0.4 is 0 Å². The van der Waals surface area contributed by atoms with Crippen molar-refractivity contribution in [2.24, 2.45) is 11.8 Å². The van der Waals surface area contributed by atoms with E-state index < -0.39 is 0 Å². The SMILES string of the molecule is c1ccc(-c2cccc(-c3c4c(c(-c5ccccc5)c5ccccc35)C3CCC5=C6C3=C4CCC6C3CCC4C6=C(CCC5=C63)c3c4c(-c4ccccc4)c4ccccc4c3-c3cccc(-c4ccccc4)c3)c2)cc1. The van der Waals surface area contributed by atoms with E-state index in [1.165, 1.54) is 114 Å². The molecule has 0 nitrogen and oxygen atoms in total. The first-order valence-corrected chi connectivity index (χ1v) is 28.3. The molecule has 10 aromatic rings. The minimum Gasteiger partial charge on any atom is -0.0622 e. The molecule has 4 unspecified atom stereocenters. The van der Waals surface area contributed by atoms with E-state index >= 15 is 0 Å². The fraction of sp³-hybridized carbons (Fsp3) is 0.158. The molecule has 4 atom stereocenters. The van der Waals surface area contributed by atoms with Gasteiger partial charge in [0.05, 0.1) is 0 Å². The minimum atomic E-state index is 0.394. The molecule has 0 amide bonds. The average Bonchev–Trinajstić information content (AvgIpc) is 4.23. The Morgan fingerprint density at radius 1 is 0.224 bits per heavy atom. The van der Waals surface area contributed by atoms with E-state index in [1.54, 1.807) is 66.8 Å². The summed E-state index contributed by atoms with van der Waals surface area (Å²) in [4.78, 5) is 0. The Bertz CT molecular complexity index is 4050. The van der Waals surface area contributed by atoms with Crippen molar-refractivity contribution in [2.45, 2.75) is 63.2 Å². The molecular weight excluding hydrogens is 913 g/mol. The molecule has 1 fully saturated rings. The summed E-state index contributed by atoms with van der Waals surface area (Å²) in [6.45, 7) is 0. The summed E-state index contributed by atoms with van der Waals surface area (Å²) < 4.78 is 0. The van der Waals surface area contributed by atoms with Crippen molar-refractivity contribution in [3.05, 3.63) is 274 Å². The van der Waals surface area contributed by atoms with Crippen molar-refractivity contribution >= 4 is 32.7 Å². The molecule has 7 aliphatic rings. The predicted octanol–water partition coefficient (Wildman–Crippen LogP) is 20.4. The number of benzene rings is 10.